The fraction of sp³-hybridized carbons (Fsp3) is 0.500. The summed E-state index contributed by atoms with van der Waals surface area (Å²) in [5.41, 5.74) is 0. The second-order valence-electron chi connectivity index (χ2n) is 1.34. The number of hydrogen-bond donors (Lipinski definition) is 1. The molecule has 0 aliphatic carbocycles. The van der Waals surface area contributed by atoms with Crippen molar-refractivity contribution in [3.05, 3.63) is 0 Å². The number of carboxylic acid groups (broad SMARTS) is 1. The molecule has 0 saturated heterocycles. The molecule has 0 heterocycles. The monoisotopic (exact) mass is 343 g/mol. The minimum absolute atomic E-state index is 0. The number of hydrogen-bond acceptors (Lipinski definition) is 9. The zero-order valence-corrected chi connectivity index (χ0v) is 13.9. The Hall–Kier alpha value is 1.38. The van der Waals surface area contributed by atoms with E-state index < -0.39 is 26.8 Å². The van der Waals surface area contributed by atoms with E-state index in [1.54, 1.807) is 0 Å². The molecular weight excluding hydrogens is 339 g/mol. The molecule has 0 aromatic rings. The Bertz CT molecular complexity index is 293. The molecule has 0 aliphatic rings. The van der Waals surface area contributed by atoms with Crippen molar-refractivity contribution in [1.29, 1.82) is 0 Å². The second kappa shape index (κ2) is 14.4. The molecule has 16 heavy (non-hydrogen) atoms. The molecule has 0 aromatic carbocycles. The third-order valence-corrected chi connectivity index (χ3v) is 0. The van der Waals surface area contributed by atoms with Gasteiger partial charge < -0.3 is 23.3 Å². The van der Waals surface area contributed by atoms with Gasteiger partial charge in [-0.05, 0) is 0 Å². The Balaban J connectivity index is -0.0000000358. The summed E-state index contributed by atoms with van der Waals surface area (Å²) in [5, 5.41) is 7.42. The molecule has 10 nitrogen and oxygen atoms in total. The summed E-state index contributed by atoms with van der Waals surface area (Å²) in [6.45, 7) is 1.08. The van der Waals surface area contributed by atoms with Crippen LogP contribution in [0.2, 0.25) is 0 Å². The summed E-state index contributed by atoms with van der Waals surface area (Å²) < 4.78 is 68.2. The Morgan fingerprint density at radius 1 is 0.938 bits per heavy atom. The summed E-state index contributed by atoms with van der Waals surface area (Å²) >= 11 is 0. The minimum atomic E-state index is -5.17. The molecule has 0 bridgehead atoms. The molecule has 0 amide bonds. The normalized spacial score (nSPS) is 8.81. The molecule has 1 N–H and O–H groups in total. The average molecular weight is 343 g/mol. The van der Waals surface area contributed by atoms with Crippen LogP contribution < -0.4 is 51.4 Å². The van der Waals surface area contributed by atoms with Crippen molar-refractivity contribution in [3.8, 4) is 0 Å². The molecule has 0 spiro atoms. The average Bonchev–Trinajstić information content (AvgIpc) is 1.45. The van der Waals surface area contributed by atoms with Crippen molar-refractivity contribution in [2.45, 2.75) is 6.92 Å². The fourth-order valence-corrected chi connectivity index (χ4v) is 0. The third kappa shape index (κ3) is 1670. The Morgan fingerprint density at radius 3 is 0.938 bits per heavy atom. The number of carbonyl (C=O) groups is 1. The van der Waals surface area contributed by atoms with Crippen molar-refractivity contribution in [3.63, 3.8) is 0 Å². The first kappa shape index (κ1) is 30.4. The summed E-state index contributed by atoms with van der Waals surface area (Å²) in [6, 6.07) is 0. The zero-order valence-electron chi connectivity index (χ0n) is 7.85. The maximum Gasteiger partial charge on any atom is 3.00 e. The molecule has 0 saturated carbocycles. The molecule has 1 radical (unpaired) electrons. The largest absolute Gasteiger partial charge is 3.00 e. The predicted octanol–water partition coefficient (Wildman–Crippen LogP) is -5.58. The van der Waals surface area contributed by atoms with Crippen LogP contribution in [0, 0.1) is 0 Å². The van der Waals surface area contributed by atoms with Crippen LogP contribution in [0.3, 0.4) is 0 Å². The summed E-state index contributed by atoms with van der Waals surface area (Å²) in [5.74, 6) is -0.833. The molecule has 0 fully saturated rings. The molecule has 0 rings (SSSR count). The Labute approximate surface area is 145 Å². The summed E-state index contributed by atoms with van der Waals surface area (Å²) in [4.78, 5) is 9.00. The molecular formula is C2H4CrKO10S2. The van der Waals surface area contributed by atoms with Crippen LogP contribution in [0.5, 0.6) is 0 Å². The molecule has 14 heteroatoms. The first-order valence-corrected chi connectivity index (χ1v) is 4.93. The minimum Gasteiger partial charge on any atom is -0.759 e. The Kier molecular flexibility index (Phi) is 27.5. The number of rotatable bonds is 0. The van der Waals surface area contributed by atoms with E-state index in [9.17, 15) is 0 Å². The standard InChI is InChI=1S/C2H4O2.Cr.K.2H2O4S/c1-2(3)4;;;2*1-5(2,3)4/h1H3,(H,3,4);;;2*(H2,1,2,3,4)/q;+3;+1;;/p-4. The quantitative estimate of drug-likeness (QED) is 0.251. The maximum absolute atomic E-state index is 9.00. The van der Waals surface area contributed by atoms with E-state index in [1.807, 2.05) is 0 Å². The smallest absolute Gasteiger partial charge is 0.759 e. The van der Waals surface area contributed by atoms with Gasteiger partial charge in [0.1, 0.15) is 0 Å². The van der Waals surface area contributed by atoms with Crippen molar-refractivity contribution < 1.29 is 114 Å². The molecule has 0 aromatic heterocycles. The first-order valence-electron chi connectivity index (χ1n) is 2.26. The van der Waals surface area contributed by atoms with Crippen LogP contribution in [0.4, 0.5) is 0 Å². The van der Waals surface area contributed by atoms with Crippen LogP contribution >= 0.6 is 0 Å². The first-order chi connectivity index (χ1) is 5.73. The van der Waals surface area contributed by atoms with E-state index in [2.05, 4.69) is 0 Å². The van der Waals surface area contributed by atoms with E-state index >= 15 is 0 Å². The van der Waals surface area contributed by atoms with Gasteiger partial charge in [0.15, 0.2) is 0 Å². The van der Waals surface area contributed by atoms with Gasteiger partial charge in [-0.25, -0.2) is 0 Å². The van der Waals surface area contributed by atoms with Crippen LogP contribution in [0.25, 0.3) is 0 Å². The van der Waals surface area contributed by atoms with Gasteiger partial charge >= 0.3 is 68.7 Å². The van der Waals surface area contributed by atoms with Gasteiger partial charge in [0.2, 0.25) is 0 Å². The summed E-state index contributed by atoms with van der Waals surface area (Å²) in [7, 11) is -10.3. The van der Waals surface area contributed by atoms with Gasteiger partial charge in [-0.2, -0.15) is 0 Å². The van der Waals surface area contributed by atoms with Crippen LogP contribution in [0.1, 0.15) is 6.92 Å². The van der Waals surface area contributed by atoms with Gasteiger partial charge in [0.25, 0.3) is 5.97 Å². The topological polar surface area (TPSA) is 198 Å². The van der Waals surface area contributed by atoms with Crippen LogP contribution in [-0.2, 0) is 43.0 Å². The van der Waals surface area contributed by atoms with Crippen LogP contribution in [0.15, 0.2) is 0 Å². The molecule has 0 aliphatic heterocycles. The van der Waals surface area contributed by atoms with Crippen molar-refractivity contribution in [2.75, 3.05) is 0 Å². The number of aliphatic carboxylic acids is 1. The van der Waals surface area contributed by atoms with Gasteiger partial charge in [-0.15, -0.1) is 0 Å². The van der Waals surface area contributed by atoms with Gasteiger partial charge in [0, 0.05) is 27.7 Å². The van der Waals surface area contributed by atoms with E-state index in [-0.39, 0.29) is 68.7 Å². The van der Waals surface area contributed by atoms with E-state index in [0.29, 0.717) is 0 Å². The second-order valence-corrected chi connectivity index (χ2v) is 2.97. The van der Waals surface area contributed by atoms with E-state index in [1.165, 1.54) is 0 Å². The van der Waals surface area contributed by atoms with Crippen molar-refractivity contribution in [1.82, 2.24) is 0 Å². The van der Waals surface area contributed by atoms with E-state index in [0.717, 1.165) is 6.92 Å². The van der Waals surface area contributed by atoms with Crippen molar-refractivity contribution in [2.24, 2.45) is 0 Å². The molecule has 0 unspecified atom stereocenters. The van der Waals surface area contributed by atoms with E-state index in [4.69, 9.17) is 44.9 Å². The van der Waals surface area contributed by atoms with Gasteiger partial charge in [0.05, 0.1) is 0 Å². The van der Waals surface area contributed by atoms with Gasteiger partial charge in [-0.3, -0.25) is 21.6 Å². The van der Waals surface area contributed by atoms with Crippen molar-refractivity contribution >= 4 is 26.8 Å². The SMILES string of the molecule is CC(=O)O.O=S(=O)([O-])[O-].O=S(=O)([O-])[O-].[Cr+3].[K+]. The predicted molar refractivity (Wildman–Crippen MR) is 34.3 cm³/mol. The van der Waals surface area contributed by atoms with Crippen LogP contribution in [-0.4, -0.2) is 46.1 Å². The maximum atomic E-state index is 9.00. The zero-order chi connectivity index (χ0) is 12.6. The fourth-order valence-electron chi connectivity index (χ4n) is 0. The summed E-state index contributed by atoms with van der Waals surface area (Å²) in [6.07, 6.45) is 0. The molecule has 0 atom stereocenters. The molecule has 91 valence electrons. The third-order valence-electron chi connectivity index (χ3n) is 0. The van der Waals surface area contributed by atoms with Gasteiger partial charge in [-0.1, -0.05) is 0 Å². The Morgan fingerprint density at radius 2 is 0.938 bits per heavy atom. The number of carboxylic acids is 1.